The minimum Gasteiger partial charge on any atom is -0.481 e. The number of carbonyl (C=O) groups excluding carboxylic acids is 1. The molecule has 3 unspecified atom stereocenters. The zero-order chi connectivity index (χ0) is 28.8. The van der Waals surface area contributed by atoms with Crippen LogP contribution in [0.25, 0.3) is 0 Å². The number of benzene rings is 1. The standard InChI is InChI=1S/C27H40O4.C8H15N/c1-2-3-4-5-6-7-8-9-10-11-12-13-14-15-19-22-26(28)31-23-25(27(29)30)24-20-17-16-18-21-24;1-9-7-3-2-4-8(9)6-5-7/h16-18,20-21,25H,2-8,11-15,19,22-23H2,1H3,(H,29,30);7-8H,2-6H2,1H3. The summed E-state index contributed by atoms with van der Waals surface area (Å²) >= 11 is 0. The van der Waals surface area contributed by atoms with E-state index < -0.39 is 11.9 Å². The largest absolute Gasteiger partial charge is 0.481 e. The predicted molar refractivity (Wildman–Crippen MR) is 164 cm³/mol. The number of carbonyl (C=O) groups is 2. The average Bonchev–Trinajstić information content (AvgIpc) is 3.13. The highest BCUT2D eigenvalue weighted by atomic mass is 16.5. The van der Waals surface area contributed by atoms with Gasteiger partial charge in [-0.1, -0.05) is 95.0 Å². The molecule has 0 aliphatic carbocycles. The predicted octanol–water partition coefficient (Wildman–Crippen LogP) is 8.52. The highest BCUT2D eigenvalue weighted by molar-refractivity contribution is 5.77. The van der Waals surface area contributed by atoms with Crippen molar-refractivity contribution >= 4 is 11.9 Å². The first-order valence-corrected chi connectivity index (χ1v) is 16.1. The summed E-state index contributed by atoms with van der Waals surface area (Å²) in [6.07, 6.45) is 22.7. The lowest BCUT2D eigenvalue weighted by atomic mass is 10.0. The number of carboxylic acids is 1. The van der Waals surface area contributed by atoms with Crippen molar-refractivity contribution in [3.05, 3.63) is 35.9 Å². The minimum atomic E-state index is -0.978. The highest BCUT2D eigenvalue weighted by Crippen LogP contribution is 2.33. The van der Waals surface area contributed by atoms with E-state index in [0.29, 0.717) is 12.0 Å². The normalized spacial score (nSPS) is 18.6. The third-order valence-electron chi connectivity index (χ3n) is 8.43. The molecule has 5 heteroatoms. The molecule has 0 aromatic heterocycles. The number of hydrogen-bond acceptors (Lipinski definition) is 4. The van der Waals surface area contributed by atoms with Gasteiger partial charge in [0, 0.05) is 31.3 Å². The second-order valence-electron chi connectivity index (χ2n) is 11.6. The highest BCUT2D eigenvalue weighted by Gasteiger charge is 2.33. The molecule has 1 aromatic carbocycles. The first-order valence-electron chi connectivity index (χ1n) is 16.1. The number of hydrogen-bond donors (Lipinski definition) is 1. The van der Waals surface area contributed by atoms with E-state index in [1.54, 1.807) is 24.3 Å². The molecule has 40 heavy (non-hydrogen) atoms. The minimum absolute atomic E-state index is 0.115. The van der Waals surface area contributed by atoms with Gasteiger partial charge in [-0.15, -0.1) is 11.8 Å². The zero-order valence-electron chi connectivity index (χ0n) is 25.4. The number of nitrogens with zero attached hydrogens (tertiary/aromatic N) is 1. The van der Waals surface area contributed by atoms with Gasteiger partial charge < -0.3 is 14.7 Å². The number of fused-ring (bicyclic) bond motifs is 2. The lowest BCUT2D eigenvalue weighted by molar-refractivity contribution is -0.148. The van der Waals surface area contributed by atoms with Gasteiger partial charge in [0.2, 0.25) is 0 Å². The molecule has 2 aliphatic heterocycles. The van der Waals surface area contributed by atoms with Crippen LogP contribution in [0.4, 0.5) is 0 Å². The molecule has 2 heterocycles. The zero-order valence-corrected chi connectivity index (χ0v) is 25.4. The molecule has 3 atom stereocenters. The van der Waals surface area contributed by atoms with E-state index in [1.165, 1.54) is 70.6 Å². The lowest BCUT2D eigenvalue weighted by Gasteiger charge is -2.30. The van der Waals surface area contributed by atoms with Crippen LogP contribution in [0.3, 0.4) is 0 Å². The van der Waals surface area contributed by atoms with Crippen LogP contribution in [0.5, 0.6) is 0 Å². The van der Waals surface area contributed by atoms with Crippen molar-refractivity contribution < 1.29 is 19.4 Å². The van der Waals surface area contributed by atoms with E-state index in [2.05, 4.69) is 30.7 Å². The van der Waals surface area contributed by atoms with Crippen molar-refractivity contribution in [3.63, 3.8) is 0 Å². The van der Waals surface area contributed by atoms with Crippen LogP contribution in [-0.2, 0) is 14.3 Å². The van der Waals surface area contributed by atoms with Crippen LogP contribution in [0.2, 0.25) is 0 Å². The second-order valence-corrected chi connectivity index (χ2v) is 11.6. The molecule has 2 saturated heterocycles. The lowest BCUT2D eigenvalue weighted by Crippen LogP contribution is -2.35. The molecule has 2 aliphatic rings. The SMILES string of the molecule is CCCCCCCCC#CCCCCCCCC(=O)OCC(C(=O)O)c1ccccc1.CN1C2CCCC1CC2. The quantitative estimate of drug-likeness (QED) is 0.119. The van der Waals surface area contributed by atoms with Gasteiger partial charge in [0.25, 0.3) is 0 Å². The Balaban J connectivity index is 0.000000515. The molecule has 5 nitrogen and oxygen atoms in total. The van der Waals surface area contributed by atoms with Crippen LogP contribution in [0.1, 0.15) is 140 Å². The topological polar surface area (TPSA) is 66.8 Å². The molecule has 0 saturated carbocycles. The van der Waals surface area contributed by atoms with E-state index >= 15 is 0 Å². The number of piperidine rings is 1. The van der Waals surface area contributed by atoms with Crippen molar-refractivity contribution in [1.82, 2.24) is 4.90 Å². The molecule has 0 spiro atoms. The number of aliphatic carboxylic acids is 1. The third kappa shape index (κ3) is 14.4. The van der Waals surface area contributed by atoms with Crippen LogP contribution < -0.4 is 0 Å². The molecule has 0 radical (unpaired) electrons. The van der Waals surface area contributed by atoms with Crippen LogP contribution >= 0.6 is 0 Å². The Kier molecular flexibility index (Phi) is 18.2. The molecule has 2 fully saturated rings. The van der Waals surface area contributed by atoms with E-state index in [-0.39, 0.29) is 12.6 Å². The average molecular weight is 554 g/mol. The molecule has 0 amide bonds. The molecule has 224 valence electrons. The van der Waals surface area contributed by atoms with Gasteiger partial charge in [-0.05, 0) is 57.6 Å². The number of ether oxygens (including phenoxy) is 1. The second kappa shape index (κ2) is 21.4. The summed E-state index contributed by atoms with van der Waals surface area (Å²) in [6, 6.07) is 10.8. The number of unbranched alkanes of at least 4 members (excludes halogenated alkanes) is 11. The first kappa shape index (κ1) is 33.9. The van der Waals surface area contributed by atoms with Crippen LogP contribution in [-0.4, -0.2) is 47.7 Å². The Hall–Kier alpha value is -2.32. The summed E-state index contributed by atoms with van der Waals surface area (Å²) in [4.78, 5) is 25.9. The number of carboxylic acid groups (broad SMARTS) is 1. The van der Waals surface area contributed by atoms with Crippen molar-refractivity contribution in [1.29, 1.82) is 0 Å². The van der Waals surface area contributed by atoms with Gasteiger partial charge in [0.1, 0.15) is 12.5 Å². The van der Waals surface area contributed by atoms with E-state index in [1.807, 2.05) is 6.07 Å². The monoisotopic (exact) mass is 553 g/mol. The van der Waals surface area contributed by atoms with Crippen LogP contribution in [0.15, 0.2) is 30.3 Å². The fourth-order valence-electron chi connectivity index (χ4n) is 5.80. The van der Waals surface area contributed by atoms with E-state index in [0.717, 1.165) is 57.0 Å². The molecule has 3 rings (SSSR count). The third-order valence-corrected chi connectivity index (χ3v) is 8.43. The maximum Gasteiger partial charge on any atom is 0.314 e. The molecule has 2 bridgehead atoms. The van der Waals surface area contributed by atoms with Crippen molar-refractivity contribution in [3.8, 4) is 11.8 Å². The van der Waals surface area contributed by atoms with Crippen molar-refractivity contribution in [2.75, 3.05) is 13.7 Å². The van der Waals surface area contributed by atoms with Gasteiger partial charge in [-0.2, -0.15) is 0 Å². The summed E-state index contributed by atoms with van der Waals surface area (Å²) in [7, 11) is 2.29. The van der Waals surface area contributed by atoms with E-state index in [9.17, 15) is 14.7 Å². The van der Waals surface area contributed by atoms with Gasteiger partial charge in [-0.3, -0.25) is 9.59 Å². The number of rotatable bonds is 17. The van der Waals surface area contributed by atoms with Crippen LogP contribution in [0, 0.1) is 11.8 Å². The fraction of sp³-hybridized carbons (Fsp3) is 0.714. The fourth-order valence-corrected chi connectivity index (χ4v) is 5.80. The summed E-state index contributed by atoms with van der Waals surface area (Å²) in [6.45, 7) is 2.13. The van der Waals surface area contributed by atoms with Gasteiger partial charge in [-0.25, -0.2) is 0 Å². The Morgan fingerprint density at radius 1 is 0.850 bits per heavy atom. The Labute approximate surface area is 244 Å². The molecule has 1 aromatic rings. The van der Waals surface area contributed by atoms with Crippen molar-refractivity contribution in [2.45, 2.75) is 147 Å². The first-order chi connectivity index (χ1) is 19.5. The maximum atomic E-state index is 11.9. The Morgan fingerprint density at radius 3 is 1.95 bits per heavy atom. The van der Waals surface area contributed by atoms with Gasteiger partial charge in [0.05, 0.1) is 0 Å². The summed E-state index contributed by atoms with van der Waals surface area (Å²) < 4.78 is 5.20. The van der Waals surface area contributed by atoms with Crippen molar-refractivity contribution in [2.24, 2.45) is 0 Å². The molecular formula is C35H55NO4. The Bertz CT molecular complexity index is 858. The van der Waals surface area contributed by atoms with Gasteiger partial charge >= 0.3 is 11.9 Å². The summed E-state index contributed by atoms with van der Waals surface area (Å²) in [5, 5.41) is 9.36. The van der Waals surface area contributed by atoms with Gasteiger partial charge in [0.15, 0.2) is 0 Å². The summed E-state index contributed by atoms with van der Waals surface area (Å²) in [5.41, 5.74) is 0.651. The summed E-state index contributed by atoms with van der Waals surface area (Å²) in [5.74, 6) is 4.45. The molecular weight excluding hydrogens is 498 g/mol. The number of esters is 1. The Morgan fingerprint density at radius 2 is 1.40 bits per heavy atom. The smallest absolute Gasteiger partial charge is 0.314 e. The maximum absolute atomic E-state index is 11.9. The molecule has 1 N–H and O–H groups in total. The van der Waals surface area contributed by atoms with E-state index in [4.69, 9.17) is 4.74 Å².